The molecule has 0 unspecified atom stereocenters. The molecule has 2 rings (SSSR count). The van der Waals surface area contributed by atoms with Crippen LogP contribution in [0.1, 0.15) is 13.8 Å². The normalized spacial score (nSPS) is 12.2. The van der Waals surface area contributed by atoms with E-state index >= 15 is 0 Å². The fraction of sp³-hybridized carbons (Fsp3) is 0.308. The highest BCUT2D eigenvalue weighted by atomic mass is 32.2. The Hall–Kier alpha value is -1.62. The number of aromatic nitrogens is 1. The second-order valence-electron chi connectivity index (χ2n) is 4.66. The molecular formula is C13H15NO3S. The highest BCUT2D eigenvalue weighted by Crippen LogP contribution is 2.29. The van der Waals surface area contributed by atoms with Crippen molar-refractivity contribution >= 4 is 20.7 Å². The zero-order valence-electron chi connectivity index (χ0n) is 10.3. The molecule has 5 heteroatoms. The lowest BCUT2D eigenvalue weighted by Gasteiger charge is -2.10. The lowest BCUT2D eigenvalue weighted by Crippen LogP contribution is -2.12. The van der Waals surface area contributed by atoms with Crippen LogP contribution < -0.4 is 0 Å². The number of phenols is 1. The average Bonchev–Trinajstić information content (AvgIpc) is 2.27. The Kier molecular flexibility index (Phi) is 3.26. The highest BCUT2D eigenvalue weighted by Gasteiger charge is 2.20. The maximum absolute atomic E-state index is 12.3. The summed E-state index contributed by atoms with van der Waals surface area (Å²) in [6.45, 7) is 3.72. The lowest BCUT2D eigenvalue weighted by molar-refractivity contribution is 0.480. The fourth-order valence-electron chi connectivity index (χ4n) is 1.93. The molecule has 1 aromatic carbocycles. The number of fused-ring (bicyclic) bond motifs is 1. The van der Waals surface area contributed by atoms with E-state index in [0.717, 1.165) is 0 Å². The van der Waals surface area contributed by atoms with Gasteiger partial charge >= 0.3 is 0 Å². The Morgan fingerprint density at radius 2 is 2.00 bits per heavy atom. The van der Waals surface area contributed by atoms with Crippen LogP contribution in [0.15, 0.2) is 35.4 Å². The van der Waals surface area contributed by atoms with E-state index in [9.17, 15) is 13.5 Å². The molecule has 0 aliphatic heterocycles. The molecule has 1 N–H and O–H groups in total. The lowest BCUT2D eigenvalue weighted by atomic mass is 10.2. The van der Waals surface area contributed by atoms with Crippen LogP contribution in [0.4, 0.5) is 0 Å². The van der Waals surface area contributed by atoms with E-state index in [-0.39, 0.29) is 22.3 Å². The summed E-state index contributed by atoms with van der Waals surface area (Å²) >= 11 is 0. The first-order valence-corrected chi connectivity index (χ1v) is 7.36. The minimum absolute atomic E-state index is 0.00547. The molecule has 18 heavy (non-hydrogen) atoms. The van der Waals surface area contributed by atoms with E-state index < -0.39 is 9.84 Å². The maximum Gasteiger partial charge on any atom is 0.179 e. The summed E-state index contributed by atoms with van der Waals surface area (Å²) in [6, 6.07) is 6.14. The number of phenolic OH excluding ortho intramolecular Hbond substituents is 1. The van der Waals surface area contributed by atoms with E-state index in [1.165, 1.54) is 18.3 Å². The maximum atomic E-state index is 12.3. The molecule has 0 atom stereocenters. The zero-order chi connectivity index (χ0) is 13.3. The van der Waals surface area contributed by atoms with Gasteiger partial charge in [0.25, 0.3) is 0 Å². The van der Waals surface area contributed by atoms with Crippen molar-refractivity contribution in [1.82, 2.24) is 4.98 Å². The number of benzene rings is 1. The topological polar surface area (TPSA) is 67.3 Å². The highest BCUT2D eigenvalue weighted by molar-refractivity contribution is 7.91. The average molecular weight is 265 g/mol. The van der Waals surface area contributed by atoms with Crippen LogP contribution in [-0.2, 0) is 9.84 Å². The Morgan fingerprint density at radius 1 is 1.28 bits per heavy atom. The van der Waals surface area contributed by atoms with E-state index in [1.54, 1.807) is 12.1 Å². The van der Waals surface area contributed by atoms with Gasteiger partial charge in [-0.05, 0) is 30.2 Å². The quantitative estimate of drug-likeness (QED) is 0.925. The van der Waals surface area contributed by atoms with Gasteiger partial charge < -0.3 is 5.11 Å². The molecule has 0 aliphatic carbocycles. The van der Waals surface area contributed by atoms with Gasteiger partial charge in [0.2, 0.25) is 0 Å². The van der Waals surface area contributed by atoms with E-state index in [4.69, 9.17) is 0 Å². The van der Waals surface area contributed by atoms with Gasteiger partial charge in [-0.15, -0.1) is 0 Å². The van der Waals surface area contributed by atoms with Crippen LogP contribution in [0.3, 0.4) is 0 Å². The third-order valence-electron chi connectivity index (χ3n) is 2.60. The Bertz CT molecular complexity index is 678. The fourth-order valence-corrected chi connectivity index (χ4v) is 3.76. The van der Waals surface area contributed by atoms with Gasteiger partial charge in [0.1, 0.15) is 11.3 Å². The third kappa shape index (κ3) is 2.31. The van der Waals surface area contributed by atoms with E-state index in [0.29, 0.717) is 10.9 Å². The van der Waals surface area contributed by atoms with Gasteiger partial charge in [0.05, 0.1) is 10.6 Å². The van der Waals surface area contributed by atoms with Gasteiger partial charge in [-0.1, -0.05) is 13.8 Å². The van der Waals surface area contributed by atoms with Crippen LogP contribution in [0, 0.1) is 5.92 Å². The smallest absolute Gasteiger partial charge is 0.179 e. The summed E-state index contributed by atoms with van der Waals surface area (Å²) in [7, 11) is -3.35. The predicted molar refractivity (Wildman–Crippen MR) is 70.3 cm³/mol. The largest absolute Gasteiger partial charge is 0.506 e. The molecular weight excluding hydrogens is 250 g/mol. The van der Waals surface area contributed by atoms with Crippen LogP contribution in [0.2, 0.25) is 0 Å². The minimum atomic E-state index is -3.35. The van der Waals surface area contributed by atoms with Gasteiger partial charge in [0.15, 0.2) is 9.84 Å². The van der Waals surface area contributed by atoms with Crippen molar-refractivity contribution in [2.24, 2.45) is 5.92 Å². The Labute approximate surface area is 106 Å². The van der Waals surface area contributed by atoms with Crippen molar-refractivity contribution in [2.45, 2.75) is 18.7 Å². The monoisotopic (exact) mass is 265 g/mol. The molecule has 1 aromatic heterocycles. The summed E-state index contributed by atoms with van der Waals surface area (Å²) < 4.78 is 24.5. The number of rotatable bonds is 3. The summed E-state index contributed by atoms with van der Waals surface area (Å²) in [5.74, 6) is 0.131. The number of hydrogen-bond donors (Lipinski definition) is 1. The molecule has 0 spiro atoms. The predicted octanol–water partition coefficient (Wildman–Crippen LogP) is 2.37. The first-order chi connectivity index (χ1) is 8.42. The van der Waals surface area contributed by atoms with Crippen molar-refractivity contribution in [3.8, 4) is 5.75 Å². The van der Waals surface area contributed by atoms with E-state index in [1.807, 2.05) is 13.8 Å². The summed E-state index contributed by atoms with van der Waals surface area (Å²) in [6.07, 6.45) is 1.53. The molecule has 0 radical (unpaired) electrons. The first kappa shape index (κ1) is 12.8. The second kappa shape index (κ2) is 4.57. The number of aromatic hydroxyl groups is 1. The minimum Gasteiger partial charge on any atom is -0.506 e. The molecule has 2 aromatic rings. The number of pyridine rings is 1. The zero-order valence-corrected chi connectivity index (χ0v) is 11.1. The molecule has 0 saturated carbocycles. The molecule has 0 amide bonds. The van der Waals surface area contributed by atoms with Crippen molar-refractivity contribution in [3.05, 3.63) is 30.5 Å². The first-order valence-electron chi connectivity index (χ1n) is 5.71. The van der Waals surface area contributed by atoms with Gasteiger partial charge in [-0.2, -0.15) is 0 Å². The molecule has 1 heterocycles. The summed E-state index contributed by atoms with van der Waals surface area (Å²) in [5, 5.41) is 10.2. The van der Waals surface area contributed by atoms with Crippen LogP contribution in [-0.4, -0.2) is 24.3 Å². The third-order valence-corrected chi connectivity index (χ3v) is 4.73. The van der Waals surface area contributed by atoms with Gasteiger partial charge in [-0.25, -0.2) is 8.42 Å². The SMILES string of the molecule is CC(C)CS(=O)(=O)c1ccc(O)c2ncccc12. The molecule has 0 bridgehead atoms. The van der Waals surface area contributed by atoms with Crippen molar-refractivity contribution in [1.29, 1.82) is 0 Å². The molecule has 4 nitrogen and oxygen atoms in total. The number of sulfone groups is 1. The Morgan fingerprint density at radius 3 is 2.67 bits per heavy atom. The molecule has 0 fully saturated rings. The van der Waals surface area contributed by atoms with Gasteiger partial charge in [-0.3, -0.25) is 4.98 Å². The number of hydrogen-bond acceptors (Lipinski definition) is 4. The second-order valence-corrected chi connectivity index (χ2v) is 6.66. The standard InChI is InChI=1S/C13H15NO3S/c1-9(2)8-18(16,17)12-6-5-11(15)13-10(12)4-3-7-14-13/h3-7,9,15H,8H2,1-2H3. The molecule has 0 saturated heterocycles. The van der Waals surface area contributed by atoms with Crippen LogP contribution in [0.25, 0.3) is 10.9 Å². The molecule has 96 valence electrons. The van der Waals surface area contributed by atoms with Crippen LogP contribution in [0.5, 0.6) is 5.75 Å². The van der Waals surface area contributed by atoms with Gasteiger partial charge in [0, 0.05) is 11.6 Å². The van der Waals surface area contributed by atoms with Crippen LogP contribution >= 0.6 is 0 Å². The molecule has 0 aliphatic rings. The van der Waals surface area contributed by atoms with E-state index in [2.05, 4.69) is 4.98 Å². The van der Waals surface area contributed by atoms with Crippen molar-refractivity contribution < 1.29 is 13.5 Å². The van der Waals surface area contributed by atoms with Crippen molar-refractivity contribution in [2.75, 3.05) is 5.75 Å². The Balaban J connectivity index is 2.70. The summed E-state index contributed by atoms with van der Waals surface area (Å²) in [4.78, 5) is 4.25. The van der Waals surface area contributed by atoms with Crippen molar-refractivity contribution in [3.63, 3.8) is 0 Å². The number of nitrogens with zero attached hydrogens (tertiary/aromatic N) is 1. The summed E-state index contributed by atoms with van der Waals surface area (Å²) in [5.41, 5.74) is 0.322.